The lowest BCUT2D eigenvalue weighted by Gasteiger charge is -2.23. The normalized spacial score (nSPS) is 12.5. The van der Waals surface area contributed by atoms with Gasteiger partial charge in [0.1, 0.15) is 5.82 Å². The molecule has 0 bridgehead atoms. The lowest BCUT2D eigenvalue weighted by molar-refractivity contribution is -0.136. The number of aromatic nitrogens is 4. The zero-order valence-corrected chi connectivity index (χ0v) is 20.1. The third-order valence-electron chi connectivity index (χ3n) is 5.37. The fourth-order valence-electron chi connectivity index (χ4n) is 3.37. The van der Waals surface area contributed by atoms with Gasteiger partial charge in [-0.3, -0.25) is 9.59 Å². The summed E-state index contributed by atoms with van der Waals surface area (Å²) in [5.41, 5.74) is 2.65. The number of hydrogen-bond acceptors (Lipinski definition) is 5. The summed E-state index contributed by atoms with van der Waals surface area (Å²) in [5.74, 6) is -0.750. The Hall–Kier alpha value is -3.55. The lowest BCUT2D eigenvalue weighted by Crippen LogP contribution is -2.39. The Kier molecular flexibility index (Phi) is 7.26. The minimum absolute atomic E-state index is 0.102. The minimum atomic E-state index is -0.775. The van der Waals surface area contributed by atoms with Gasteiger partial charge in [-0.2, -0.15) is 9.78 Å². The molecule has 174 valence electrons. The molecule has 2 N–H and O–H groups in total. The SMILES string of the molecule is CCc1ccc(C(NC(=O)C(=O)Nc2cc(C(C)(C)C)nn2-c2ncccn2)C(C)C)cc1. The molecular formula is C25H32N6O2. The van der Waals surface area contributed by atoms with Crippen LogP contribution < -0.4 is 10.6 Å². The number of rotatable bonds is 6. The molecule has 0 aliphatic rings. The Labute approximate surface area is 194 Å². The van der Waals surface area contributed by atoms with E-state index in [-0.39, 0.29) is 17.4 Å². The van der Waals surface area contributed by atoms with Gasteiger partial charge >= 0.3 is 11.8 Å². The molecule has 0 aliphatic carbocycles. The molecule has 33 heavy (non-hydrogen) atoms. The van der Waals surface area contributed by atoms with Gasteiger partial charge in [0.2, 0.25) is 0 Å². The first kappa shape index (κ1) is 24.1. The van der Waals surface area contributed by atoms with Crippen molar-refractivity contribution in [3.05, 3.63) is 65.6 Å². The fraction of sp³-hybridized carbons (Fsp3) is 0.400. The van der Waals surface area contributed by atoms with Crippen LogP contribution in [0.3, 0.4) is 0 Å². The van der Waals surface area contributed by atoms with Crippen LogP contribution in [0, 0.1) is 5.92 Å². The summed E-state index contributed by atoms with van der Waals surface area (Å²) in [7, 11) is 0. The first-order valence-corrected chi connectivity index (χ1v) is 11.2. The van der Waals surface area contributed by atoms with Gasteiger partial charge in [-0.05, 0) is 29.5 Å². The highest BCUT2D eigenvalue weighted by atomic mass is 16.2. The van der Waals surface area contributed by atoms with Gasteiger partial charge < -0.3 is 10.6 Å². The Morgan fingerprint density at radius 2 is 1.67 bits per heavy atom. The summed E-state index contributed by atoms with van der Waals surface area (Å²) >= 11 is 0. The van der Waals surface area contributed by atoms with Crippen molar-refractivity contribution in [1.29, 1.82) is 0 Å². The number of aryl methyl sites for hydroxylation is 1. The minimum Gasteiger partial charge on any atom is -0.341 e. The third kappa shape index (κ3) is 5.83. The van der Waals surface area contributed by atoms with E-state index < -0.39 is 11.8 Å². The predicted molar refractivity (Wildman–Crippen MR) is 128 cm³/mol. The maximum Gasteiger partial charge on any atom is 0.314 e. The first-order chi connectivity index (χ1) is 15.6. The van der Waals surface area contributed by atoms with Crippen molar-refractivity contribution in [3.63, 3.8) is 0 Å². The number of carbonyl (C=O) groups excluding carboxylic acids is 2. The van der Waals surface area contributed by atoms with Crippen LogP contribution in [-0.2, 0) is 21.4 Å². The fourth-order valence-corrected chi connectivity index (χ4v) is 3.37. The molecule has 1 atom stereocenters. The number of nitrogens with zero attached hydrogens (tertiary/aromatic N) is 4. The van der Waals surface area contributed by atoms with E-state index in [4.69, 9.17) is 0 Å². The molecule has 0 saturated heterocycles. The molecule has 1 unspecified atom stereocenters. The van der Waals surface area contributed by atoms with Crippen molar-refractivity contribution >= 4 is 17.6 Å². The Balaban J connectivity index is 1.82. The first-order valence-electron chi connectivity index (χ1n) is 11.2. The maximum atomic E-state index is 12.8. The predicted octanol–water partition coefficient (Wildman–Crippen LogP) is 3.97. The van der Waals surface area contributed by atoms with Gasteiger partial charge in [-0.25, -0.2) is 9.97 Å². The maximum absolute atomic E-state index is 12.8. The second kappa shape index (κ2) is 9.94. The van der Waals surface area contributed by atoms with Crippen LogP contribution in [0.5, 0.6) is 0 Å². The molecule has 2 aromatic heterocycles. The Morgan fingerprint density at radius 3 is 2.21 bits per heavy atom. The topological polar surface area (TPSA) is 102 Å². The monoisotopic (exact) mass is 448 g/mol. The van der Waals surface area contributed by atoms with Crippen molar-refractivity contribution in [3.8, 4) is 5.95 Å². The summed E-state index contributed by atoms with van der Waals surface area (Å²) in [6.45, 7) is 12.2. The molecule has 0 radical (unpaired) electrons. The van der Waals surface area contributed by atoms with Gasteiger partial charge in [0.25, 0.3) is 5.95 Å². The van der Waals surface area contributed by atoms with Gasteiger partial charge in [0.05, 0.1) is 11.7 Å². The Bertz CT molecular complexity index is 1100. The number of anilines is 1. The molecule has 0 saturated carbocycles. The number of carbonyl (C=O) groups is 2. The van der Waals surface area contributed by atoms with E-state index in [1.54, 1.807) is 24.5 Å². The quantitative estimate of drug-likeness (QED) is 0.556. The molecule has 0 spiro atoms. The Morgan fingerprint density at radius 1 is 1.03 bits per heavy atom. The highest BCUT2D eigenvalue weighted by Gasteiger charge is 2.26. The van der Waals surface area contributed by atoms with Crippen LogP contribution in [-0.4, -0.2) is 31.6 Å². The molecule has 0 aliphatic heterocycles. The molecular weight excluding hydrogens is 416 g/mol. The standard InChI is InChI=1S/C25H32N6O2/c1-7-17-9-11-18(12-10-17)21(16(2)3)29-23(33)22(32)28-20-15-19(25(4,5)6)30-31(20)24-26-13-8-14-27-24/h8-16,21H,7H2,1-6H3,(H,28,32)(H,29,33). The van der Waals surface area contributed by atoms with E-state index in [0.717, 1.165) is 17.7 Å². The number of hydrogen-bond donors (Lipinski definition) is 2. The van der Waals surface area contributed by atoms with E-state index >= 15 is 0 Å². The van der Waals surface area contributed by atoms with Crippen molar-refractivity contribution in [2.45, 2.75) is 59.4 Å². The van der Waals surface area contributed by atoms with Crippen molar-refractivity contribution in [2.24, 2.45) is 5.92 Å². The third-order valence-corrected chi connectivity index (χ3v) is 5.37. The number of amides is 2. The molecule has 8 heteroatoms. The average molecular weight is 449 g/mol. The number of nitrogens with one attached hydrogen (secondary N) is 2. The molecule has 2 amide bonds. The van der Waals surface area contributed by atoms with Gasteiger partial charge in [-0.1, -0.05) is 65.8 Å². The van der Waals surface area contributed by atoms with Crippen LogP contribution in [0.2, 0.25) is 0 Å². The lowest BCUT2D eigenvalue weighted by atomic mass is 9.92. The highest BCUT2D eigenvalue weighted by Crippen LogP contribution is 2.26. The van der Waals surface area contributed by atoms with Crippen LogP contribution in [0.1, 0.15) is 64.4 Å². The molecule has 3 rings (SSSR count). The van der Waals surface area contributed by atoms with E-state index in [2.05, 4.69) is 32.6 Å². The van der Waals surface area contributed by atoms with Crippen LogP contribution in [0.15, 0.2) is 48.8 Å². The summed E-state index contributed by atoms with van der Waals surface area (Å²) in [6, 6.07) is 11.2. The van der Waals surface area contributed by atoms with E-state index in [1.807, 2.05) is 58.9 Å². The van der Waals surface area contributed by atoms with Crippen molar-refractivity contribution in [2.75, 3.05) is 5.32 Å². The van der Waals surface area contributed by atoms with Gasteiger partial charge in [0.15, 0.2) is 0 Å². The van der Waals surface area contributed by atoms with Crippen LogP contribution >= 0.6 is 0 Å². The summed E-state index contributed by atoms with van der Waals surface area (Å²) in [6.07, 6.45) is 4.13. The van der Waals surface area contributed by atoms with Crippen molar-refractivity contribution in [1.82, 2.24) is 25.1 Å². The molecule has 8 nitrogen and oxygen atoms in total. The summed E-state index contributed by atoms with van der Waals surface area (Å²) in [4.78, 5) is 34.1. The molecule has 0 fully saturated rings. The average Bonchev–Trinajstić information content (AvgIpc) is 3.22. The second-order valence-corrected chi connectivity index (χ2v) is 9.37. The van der Waals surface area contributed by atoms with E-state index in [9.17, 15) is 9.59 Å². The van der Waals surface area contributed by atoms with Crippen LogP contribution in [0.25, 0.3) is 5.95 Å². The second-order valence-electron chi connectivity index (χ2n) is 9.37. The highest BCUT2D eigenvalue weighted by molar-refractivity contribution is 6.39. The molecule has 3 aromatic rings. The summed E-state index contributed by atoms with van der Waals surface area (Å²) < 4.78 is 1.44. The number of benzene rings is 1. The largest absolute Gasteiger partial charge is 0.341 e. The molecule has 2 heterocycles. The zero-order valence-electron chi connectivity index (χ0n) is 20.1. The van der Waals surface area contributed by atoms with E-state index in [1.165, 1.54) is 10.2 Å². The van der Waals surface area contributed by atoms with Gasteiger partial charge in [-0.15, -0.1) is 0 Å². The van der Waals surface area contributed by atoms with Gasteiger partial charge in [0, 0.05) is 23.9 Å². The van der Waals surface area contributed by atoms with E-state index in [0.29, 0.717) is 11.8 Å². The van der Waals surface area contributed by atoms with Crippen molar-refractivity contribution < 1.29 is 9.59 Å². The zero-order chi connectivity index (χ0) is 24.2. The molecule has 1 aromatic carbocycles. The summed E-state index contributed by atoms with van der Waals surface area (Å²) in [5, 5.41) is 10.1. The van der Waals surface area contributed by atoms with Crippen LogP contribution in [0.4, 0.5) is 5.82 Å². The smallest absolute Gasteiger partial charge is 0.314 e.